The van der Waals surface area contributed by atoms with E-state index in [1.807, 2.05) is 49.5 Å². The Morgan fingerprint density at radius 3 is 2.74 bits per heavy atom. The number of fused-ring (bicyclic) bond motifs is 1. The van der Waals surface area contributed by atoms with Crippen molar-refractivity contribution >= 4 is 10.9 Å². The van der Waals surface area contributed by atoms with Crippen LogP contribution >= 0.6 is 0 Å². The predicted molar refractivity (Wildman–Crippen MR) is 76.3 cm³/mol. The Hall–Kier alpha value is -2.42. The van der Waals surface area contributed by atoms with Crippen molar-refractivity contribution in [1.29, 1.82) is 0 Å². The number of ether oxygens (including phenoxy) is 1. The van der Waals surface area contributed by atoms with Gasteiger partial charge in [-0.15, -0.1) is 0 Å². The summed E-state index contributed by atoms with van der Waals surface area (Å²) in [4.78, 5) is 9.02. The number of aromatic nitrogens is 2. The van der Waals surface area contributed by atoms with E-state index in [9.17, 15) is 0 Å². The molecule has 0 aliphatic rings. The van der Waals surface area contributed by atoms with Gasteiger partial charge < -0.3 is 4.74 Å². The fourth-order valence-electron chi connectivity index (χ4n) is 2.12. The summed E-state index contributed by atoms with van der Waals surface area (Å²) in [5.74, 6) is 0.766. The van der Waals surface area contributed by atoms with Gasteiger partial charge in [-0.1, -0.05) is 18.2 Å². The van der Waals surface area contributed by atoms with Crippen molar-refractivity contribution in [3.63, 3.8) is 0 Å². The molecule has 0 fully saturated rings. The van der Waals surface area contributed by atoms with Crippen LogP contribution in [0.2, 0.25) is 0 Å². The highest BCUT2D eigenvalue weighted by Crippen LogP contribution is 2.29. The van der Waals surface area contributed by atoms with Crippen molar-refractivity contribution in [1.82, 2.24) is 9.97 Å². The second kappa shape index (κ2) is 4.69. The third-order valence-electron chi connectivity index (χ3n) is 3.08. The van der Waals surface area contributed by atoms with Crippen molar-refractivity contribution in [2.75, 3.05) is 7.11 Å². The van der Waals surface area contributed by atoms with Crippen molar-refractivity contribution in [2.45, 2.75) is 6.92 Å². The summed E-state index contributed by atoms with van der Waals surface area (Å²) in [5, 5.41) is 1.10. The molecule has 0 N–H and O–H groups in total. The lowest BCUT2D eigenvalue weighted by atomic mass is 10.1. The van der Waals surface area contributed by atoms with E-state index >= 15 is 0 Å². The number of hydrogen-bond donors (Lipinski definition) is 0. The van der Waals surface area contributed by atoms with Crippen molar-refractivity contribution in [3.05, 3.63) is 54.4 Å². The van der Waals surface area contributed by atoms with Crippen LogP contribution in [-0.2, 0) is 0 Å². The van der Waals surface area contributed by atoms with Gasteiger partial charge in [-0.25, -0.2) is 4.98 Å². The maximum absolute atomic E-state index is 5.38. The lowest BCUT2D eigenvalue weighted by Gasteiger charge is -2.09. The SMILES string of the molecule is COc1ccc(C)nc1-c1cnc2ccccc2c1. The fourth-order valence-corrected chi connectivity index (χ4v) is 2.12. The molecular weight excluding hydrogens is 236 g/mol. The minimum atomic E-state index is 0.766. The fraction of sp³-hybridized carbons (Fsp3) is 0.125. The van der Waals surface area contributed by atoms with Gasteiger partial charge in [-0.05, 0) is 31.2 Å². The average molecular weight is 250 g/mol. The van der Waals surface area contributed by atoms with E-state index in [1.54, 1.807) is 7.11 Å². The summed E-state index contributed by atoms with van der Waals surface area (Å²) < 4.78 is 5.38. The van der Waals surface area contributed by atoms with Crippen LogP contribution in [-0.4, -0.2) is 17.1 Å². The molecule has 3 rings (SSSR count). The lowest BCUT2D eigenvalue weighted by molar-refractivity contribution is 0.414. The van der Waals surface area contributed by atoms with Gasteiger partial charge in [0.1, 0.15) is 11.4 Å². The van der Waals surface area contributed by atoms with Crippen LogP contribution in [0.4, 0.5) is 0 Å². The first kappa shape index (κ1) is 11.7. The summed E-state index contributed by atoms with van der Waals surface area (Å²) in [6.07, 6.45) is 1.84. The van der Waals surface area contributed by atoms with Crippen LogP contribution < -0.4 is 4.74 Å². The summed E-state index contributed by atoms with van der Waals surface area (Å²) in [6, 6.07) is 14.0. The molecule has 0 radical (unpaired) electrons. The largest absolute Gasteiger partial charge is 0.494 e. The summed E-state index contributed by atoms with van der Waals surface area (Å²) in [6.45, 7) is 1.97. The van der Waals surface area contributed by atoms with Crippen molar-refractivity contribution in [2.24, 2.45) is 0 Å². The Balaban J connectivity index is 2.21. The van der Waals surface area contributed by atoms with Crippen LogP contribution in [0.3, 0.4) is 0 Å². The zero-order valence-electron chi connectivity index (χ0n) is 10.9. The van der Waals surface area contributed by atoms with Crippen LogP contribution in [0.5, 0.6) is 5.75 Å². The highest BCUT2D eigenvalue weighted by atomic mass is 16.5. The molecule has 3 heteroatoms. The maximum atomic E-state index is 5.38. The number of rotatable bonds is 2. The third kappa shape index (κ3) is 2.15. The predicted octanol–water partition coefficient (Wildman–Crippen LogP) is 3.61. The van der Waals surface area contributed by atoms with Crippen molar-refractivity contribution < 1.29 is 4.74 Å². The normalized spacial score (nSPS) is 10.6. The standard InChI is InChI=1S/C16H14N2O/c1-11-7-8-15(19-2)16(18-11)13-9-12-5-3-4-6-14(12)17-10-13/h3-10H,1-2H3. The summed E-state index contributed by atoms with van der Waals surface area (Å²) in [5.41, 5.74) is 3.75. The smallest absolute Gasteiger partial charge is 0.145 e. The molecule has 19 heavy (non-hydrogen) atoms. The lowest BCUT2D eigenvalue weighted by Crippen LogP contribution is -1.94. The molecule has 0 aliphatic carbocycles. The second-order valence-corrected chi connectivity index (χ2v) is 4.42. The van der Waals surface area contributed by atoms with E-state index in [1.165, 1.54) is 0 Å². The number of hydrogen-bond acceptors (Lipinski definition) is 3. The molecule has 0 bridgehead atoms. The van der Waals surface area contributed by atoms with Gasteiger partial charge in [0.15, 0.2) is 0 Å². The van der Waals surface area contributed by atoms with E-state index in [2.05, 4.69) is 16.0 Å². The molecule has 3 aromatic rings. The van der Waals surface area contributed by atoms with E-state index in [0.717, 1.165) is 33.6 Å². The second-order valence-electron chi connectivity index (χ2n) is 4.42. The van der Waals surface area contributed by atoms with Gasteiger partial charge in [-0.3, -0.25) is 4.98 Å². The molecule has 0 atom stereocenters. The Kier molecular flexibility index (Phi) is 2.88. The topological polar surface area (TPSA) is 35.0 Å². The maximum Gasteiger partial charge on any atom is 0.145 e. The number of aryl methyl sites for hydroxylation is 1. The first-order chi connectivity index (χ1) is 9.28. The van der Waals surface area contributed by atoms with Gasteiger partial charge in [0.2, 0.25) is 0 Å². The highest BCUT2D eigenvalue weighted by molar-refractivity contribution is 5.83. The Morgan fingerprint density at radius 2 is 1.89 bits per heavy atom. The third-order valence-corrected chi connectivity index (χ3v) is 3.08. The average Bonchev–Trinajstić information content (AvgIpc) is 2.46. The van der Waals surface area contributed by atoms with Crippen LogP contribution in [0.1, 0.15) is 5.69 Å². The molecule has 0 saturated carbocycles. The summed E-state index contributed by atoms with van der Waals surface area (Å²) >= 11 is 0. The van der Waals surface area contributed by atoms with Gasteiger partial charge in [-0.2, -0.15) is 0 Å². The van der Waals surface area contributed by atoms with Crippen LogP contribution in [0.15, 0.2) is 48.7 Å². The first-order valence-electron chi connectivity index (χ1n) is 6.15. The minimum absolute atomic E-state index is 0.766. The molecule has 2 aromatic heterocycles. The van der Waals surface area contributed by atoms with Crippen LogP contribution in [0, 0.1) is 6.92 Å². The van der Waals surface area contributed by atoms with Gasteiger partial charge in [0.25, 0.3) is 0 Å². The zero-order chi connectivity index (χ0) is 13.2. The van der Waals surface area contributed by atoms with E-state index < -0.39 is 0 Å². The molecule has 0 saturated heterocycles. The Morgan fingerprint density at radius 1 is 1.05 bits per heavy atom. The summed E-state index contributed by atoms with van der Waals surface area (Å²) in [7, 11) is 1.66. The molecule has 3 nitrogen and oxygen atoms in total. The van der Waals surface area contributed by atoms with E-state index in [4.69, 9.17) is 4.74 Å². The molecular formula is C16H14N2O. The molecule has 0 amide bonds. The number of para-hydroxylation sites is 1. The zero-order valence-corrected chi connectivity index (χ0v) is 10.9. The van der Waals surface area contributed by atoms with Crippen LogP contribution in [0.25, 0.3) is 22.2 Å². The quantitative estimate of drug-likeness (QED) is 0.696. The Bertz CT molecular complexity index is 738. The molecule has 0 unspecified atom stereocenters. The van der Waals surface area contributed by atoms with Gasteiger partial charge in [0, 0.05) is 22.8 Å². The highest BCUT2D eigenvalue weighted by Gasteiger charge is 2.09. The number of methoxy groups -OCH3 is 1. The number of nitrogens with zero attached hydrogens (tertiary/aromatic N) is 2. The van der Waals surface area contributed by atoms with Gasteiger partial charge >= 0.3 is 0 Å². The van der Waals surface area contributed by atoms with E-state index in [0.29, 0.717) is 0 Å². The molecule has 2 heterocycles. The number of pyridine rings is 2. The molecule has 94 valence electrons. The van der Waals surface area contributed by atoms with E-state index in [-0.39, 0.29) is 0 Å². The monoisotopic (exact) mass is 250 g/mol. The Labute approximate surface area is 111 Å². The first-order valence-corrected chi connectivity index (χ1v) is 6.15. The molecule has 0 aliphatic heterocycles. The molecule has 1 aromatic carbocycles. The number of benzene rings is 1. The van der Waals surface area contributed by atoms with Crippen molar-refractivity contribution in [3.8, 4) is 17.0 Å². The van der Waals surface area contributed by atoms with Gasteiger partial charge in [0.05, 0.1) is 12.6 Å². The minimum Gasteiger partial charge on any atom is -0.494 e. The molecule has 0 spiro atoms.